The fraction of sp³-hybridized carbons (Fsp3) is 0.647. The zero-order chi connectivity index (χ0) is 18.4. The maximum Gasteiger partial charge on any atom is 0.243 e. The minimum absolute atomic E-state index is 0.0578. The monoisotopic (exact) mass is 384 g/mol. The quantitative estimate of drug-likeness (QED) is 0.837. The maximum atomic E-state index is 14.5. The van der Waals surface area contributed by atoms with Crippen molar-refractivity contribution in [2.24, 2.45) is 0 Å². The zero-order valence-corrected chi connectivity index (χ0v) is 15.2. The van der Waals surface area contributed by atoms with E-state index < -0.39 is 31.1 Å². The van der Waals surface area contributed by atoms with Gasteiger partial charge in [0.15, 0.2) is 12.0 Å². The number of ether oxygens (including phenoxy) is 1. The van der Waals surface area contributed by atoms with Gasteiger partial charge in [0.1, 0.15) is 23.8 Å². The number of aliphatic hydroxyl groups is 2. The summed E-state index contributed by atoms with van der Waals surface area (Å²) in [6.07, 6.45) is -0.449. The third kappa shape index (κ3) is 2.85. The van der Waals surface area contributed by atoms with E-state index in [1.54, 1.807) is 12.1 Å². The molecule has 1 aliphatic carbocycles. The highest BCUT2D eigenvalue weighted by atomic mass is 35.5. The SMILES string of the molecule is CN(c1nc(Cl)nn2c([C@@H]3O[C@H](CO)[C@@H](O)[C@@H]3F)ccc12)C1CCCC1. The van der Waals surface area contributed by atoms with Crippen molar-refractivity contribution in [3.63, 3.8) is 0 Å². The Morgan fingerprint density at radius 1 is 1.38 bits per heavy atom. The topological polar surface area (TPSA) is 83.1 Å². The van der Waals surface area contributed by atoms with Crippen molar-refractivity contribution in [3.8, 4) is 0 Å². The number of fused-ring (bicyclic) bond motifs is 1. The number of halogens is 2. The van der Waals surface area contributed by atoms with Gasteiger partial charge in [-0.05, 0) is 36.6 Å². The van der Waals surface area contributed by atoms with Crippen molar-refractivity contribution in [1.29, 1.82) is 0 Å². The van der Waals surface area contributed by atoms with Crippen LogP contribution in [-0.2, 0) is 4.74 Å². The molecular weight excluding hydrogens is 363 g/mol. The summed E-state index contributed by atoms with van der Waals surface area (Å²) in [5, 5.41) is 23.4. The van der Waals surface area contributed by atoms with Crippen LogP contribution >= 0.6 is 11.6 Å². The van der Waals surface area contributed by atoms with Gasteiger partial charge in [-0.2, -0.15) is 4.98 Å². The molecule has 1 saturated carbocycles. The van der Waals surface area contributed by atoms with Crippen molar-refractivity contribution in [3.05, 3.63) is 23.1 Å². The Hall–Kier alpha value is -1.48. The lowest BCUT2D eigenvalue weighted by Gasteiger charge is -2.26. The molecule has 1 saturated heterocycles. The Labute approximate surface area is 155 Å². The van der Waals surface area contributed by atoms with Gasteiger partial charge in [0.2, 0.25) is 5.28 Å². The molecule has 0 radical (unpaired) electrons. The number of rotatable bonds is 4. The van der Waals surface area contributed by atoms with E-state index in [0.717, 1.165) is 12.8 Å². The van der Waals surface area contributed by atoms with Crippen LogP contribution in [0.15, 0.2) is 12.1 Å². The second-order valence-corrected chi connectivity index (χ2v) is 7.36. The molecule has 26 heavy (non-hydrogen) atoms. The van der Waals surface area contributed by atoms with Crippen molar-refractivity contribution in [2.75, 3.05) is 18.6 Å². The molecule has 4 rings (SSSR count). The molecule has 2 N–H and O–H groups in total. The average molecular weight is 385 g/mol. The number of nitrogens with zero attached hydrogens (tertiary/aromatic N) is 4. The number of hydrogen-bond acceptors (Lipinski definition) is 6. The first-order valence-corrected chi connectivity index (χ1v) is 9.25. The van der Waals surface area contributed by atoms with E-state index in [-0.39, 0.29) is 5.28 Å². The van der Waals surface area contributed by atoms with E-state index in [0.29, 0.717) is 23.1 Å². The van der Waals surface area contributed by atoms with E-state index in [1.807, 2.05) is 7.05 Å². The zero-order valence-electron chi connectivity index (χ0n) is 14.4. The smallest absolute Gasteiger partial charge is 0.243 e. The summed E-state index contributed by atoms with van der Waals surface area (Å²) in [4.78, 5) is 6.49. The lowest BCUT2D eigenvalue weighted by atomic mass is 10.1. The van der Waals surface area contributed by atoms with Crippen LogP contribution < -0.4 is 4.90 Å². The van der Waals surface area contributed by atoms with E-state index in [2.05, 4.69) is 15.0 Å². The third-order valence-electron chi connectivity index (χ3n) is 5.49. The van der Waals surface area contributed by atoms with Gasteiger partial charge in [-0.25, -0.2) is 8.91 Å². The number of alkyl halides is 1. The van der Waals surface area contributed by atoms with Crippen molar-refractivity contribution in [2.45, 2.75) is 56.2 Å². The van der Waals surface area contributed by atoms with Gasteiger partial charge >= 0.3 is 0 Å². The Morgan fingerprint density at radius 2 is 2.12 bits per heavy atom. The summed E-state index contributed by atoms with van der Waals surface area (Å²) in [5.74, 6) is 0.691. The predicted molar refractivity (Wildman–Crippen MR) is 94.3 cm³/mol. The molecule has 142 valence electrons. The first kappa shape index (κ1) is 17.9. The van der Waals surface area contributed by atoms with Crippen LogP contribution in [0.3, 0.4) is 0 Å². The molecule has 0 unspecified atom stereocenters. The van der Waals surface area contributed by atoms with E-state index in [1.165, 1.54) is 17.4 Å². The van der Waals surface area contributed by atoms with Crippen LogP contribution in [-0.4, -0.2) is 62.9 Å². The molecule has 2 aliphatic rings. The number of hydrogen-bond donors (Lipinski definition) is 2. The molecule has 7 nitrogen and oxygen atoms in total. The van der Waals surface area contributed by atoms with Gasteiger partial charge < -0.3 is 19.8 Å². The minimum Gasteiger partial charge on any atom is -0.394 e. The van der Waals surface area contributed by atoms with Crippen LogP contribution in [0.25, 0.3) is 5.52 Å². The van der Waals surface area contributed by atoms with Gasteiger partial charge in [0.05, 0.1) is 12.3 Å². The Morgan fingerprint density at radius 3 is 2.77 bits per heavy atom. The number of aliphatic hydroxyl groups excluding tert-OH is 2. The fourth-order valence-electron chi connectivity index (χ4n) is 4.03. The molecule has 0 spiro atoms. The average Bonchev–Trinajstić information content (AvgIpc) is 3.35. The molecule has 3 heterocycles. The van der Waals surface area contributed by atoms with Gasteiger partial charge in [-0.3, -0.25) is 0 Å². The number of aromatic nitrogens is 3. The van der Waals surface area contributed by atoms with Crippen molar-refractivity contribution < 1.29 is 19.3 Å². The van der Waals surface area contributed by atoms with Crippen LogP contribution in [0.2, 0.25) is 5.28 Å². The molecule has 0 bridgehead atoms. The lowest BCUT2D eigenvalue weighted by Crippen LogP contribution is -2.30. The highest BCUT2D eigenvalue weighted by Crippen LogP contribution is 2.38. The summed E-state index contributed by atoms with van der Waals surface area (Å²) in [5.41, 5.74) is 1.14. The van der Waals surface area contributed by atoms with E-state index in [4.69, 9.17) is 16.3 Å². The minimum atomic E-state index is -1.66. The lowest BCUT2D eigenvalue weighted by molar-refractivity contribution is -0.0241. The summed E-state index contributed by atoms with van der Waals surface area (Å²) >= 11 is 6.14. The molecule has 2 fully saturated rings. The second-order valence-electron chi connectivity index (χ2n) is 7.02. The molecule has 2 aromatic heterocycles. The standard InChI is InChI=1S/C17H22ClFN4O3/c1-22(9-4-2-3-5-9)16-11-7-6-10(23(11)21-17(18)20-16)15-13(19)14(25)12(8-24)26-15/h6-7,9,12-15,24-25H,2-5,8H2,1H3/t12-,13+,14-,15+/m1/s1. The molecule has 4 atom stereocenters. The molecule has 0 aromatic carbocycles. The van der Waals surface area contributed by atoms with Crippen LogP contribution in [0.1, 0.15) is 37.5 Å². The van der Waals surface area contributed by atoms with Crippen molar-refractivity contribution in [1.82, 2.24) is 14.6 Å². The Kier molecular flexibility index (Phi) is 4.77. The highest BCUT2D eigenvalue weighted by Gasteiger charge is 2.45. The Bertz CT molecular complexity index is 798. The number of anilines is 1. The first-order valence-electron chi connectivity index (χ1n) is 8.87. The van der Waals surface area contributed by atoms with Crippen LogP contribution in [0.5, 0.6) is 0 Å². The predicted octanol–water partition coefficient (Wildman–Crippen LogP) is 1.89. The van der Waals surface area contributed by atoms with E-state index in [9.17, 15) is 14.6 Å². The largest absolute Gasteiger partial charge is 0.394 e. The van der Waals surface area contributed by atoms with Gasteiger partial charge in [0.25, 0.3) is 0 Å². The van der Waals surface area contributed by atoms with Crippen LogP contribution in [0.4, 0.5) is 10.2 Å². The van der Waals surface area contributed by atoms with Gasteiger partial charge in [-0.15, -0.1) is 5.10 Å². The molecule has 1 aliphatic heterocycles. The summed E-state index contributed by atoms with van der Waals surface area (Å²) < 4.78 is 21.6. The first-order chi connectivity index (χ1) is 12.5. The highest BCUT2D eigenvalue weighted by molar-refractivity contribution is 6.28. The van der Waals surface area contributed by atoms with Gasteiger partial charge in [-0.1, -0.05) is 12.8 Å². The summed E-state index contributed by atoms with van der Waals surface area (Å²) in [6, 6.07) is 3.90. The molecule has 9 heteroatoms. The summed E-state index contributed by atoms with van der Waals surface area (Å²) in [6.45, 7) is -0.452. The molecule has 0 amide bonds. The Balaban J connectivity index is 1.74. The van der Waals surface area contributed by atoms with Crippen LogP contribution in [0, 0.1) is 0 Å². The fourth-order valence-corrected chi connectivity index (χ4v) is 4.18. The van der Waals surface area contributed by atoms with Crippen molar-refractivity contribution >= 4 is 22.9 Å². The second kappa shape index (κ2) is 6.92. The summed E-state index contributed by atoms with van der Waals surface area (Å²) in [7, 11) is 1.98. The molecule has 2 aromatic rings. The maximum absolute atomic E-state index is 14.5. The van der Waals surface area contributed by atoms with Gasteiger partial charge in [0, 0.05) is 13.1 Å². The third-order valence-corrected chi connectivity index (χ3v) is 5.65. The molecular formula is C17H22ClFN4O3. The van der Waals surface area contributed by atoms with E-state index >= 15 is 0 Å². The normalized spacial score (nSPS) is 29.7.